The Bertz CT molecular complexity index is 1010. The highest BCUT2D eigenvalue weighted by Crippen LogP contribution is 2.59. The Morgan fingerprint density at radius 1 is 0.970 bits per heavy atom. The van der Waals surface area contributed by atoms with Gasteiger partial charge in [0.05, 0.1) is 15.4 Å². The number of hydrogen-bond donors (Lipinski definition) is 1. The molecule has 0 unspecified atom stereocenters. The summed E-state index contributed by atoms with van der Waals surface area (Å²) in [6, 6.07) is 0.217. The highest BCUT2D eigenvalue weighted by Gasteiger charge is 2.77. The maximum absolute atomic E-state index is 13.7. The van der Waals surface area contributed by atoms with E-state index in [0.717, 1.165) is 0 Å². The van der Waals surface area contributed by atoms with Crippen molar-refractivity contribution in [2.75, 3.05) is 5.32 Å². The number of halogens is 13. The summed E-state index contributed by atoms with van der Waals surface area (Å²) in [5, 5.41) is 10.7. The van der Waals surface area contributed by atoms with E-state index in [4.69, 9.17) is 0 Å². The minimum absolute atomic E-state index is 0.142. The fraction of sp³-hybridized carbons (Fsp3) is 0.357. The fourth-order valence-corrected chi connectivity index (χ4v) is 3.57. The lowest BCUT2D eigenvalue weighted by molar-refractivity contribution is -0.384. The van der Waals surface area contributed by atoms with Gasteiger partial charge in [-0.05, 0) is 12.1 Å². The molecule has 0 radical (unpaired) electrons. The van der Waals surface area contributed by atoms with Crippen molar-refractivity contribution >= 4 is 28.3 Å². The molecule has 1 aromatic carbocycles. The number of thioether (sulfide) groups is 1. The Morgan fingerprint density at radius 3 is 1.88 bits per heavy atom. The molecule has 0 amide bonds. The molecule has 0 fully saturated rings. The maximum atomic E-state index is 13.7. The lowest BCUT2D eigenvalue weighted by atomic mass is 9.97. The summed E-state index contributed by atoms with van der Waals surface area (Å²) >= 11 is -1.13. The quantitative estimate of drug-likeness (QED) is 0.264. The number of nitrogens with one attached hydrogen (secondary N) is 1. The zero-order valence-corrected chi connectivity index (χ0v) is 15.6. The van der Waals surface area contributed by atoms with E-state index in [1.165, 1.54) is 5.32 Å². The number of benzene rings is 1. The molecular weight excluding hydrogens is 521 g/mol. The lowest BCUT2D eigenvalue weighted by Crippen LogP contribution is -2.55. The van der Waals surface area contributed by atoms with E-state index in [9.17, 15) is 67.2 Å². The molecular formula is C14H4F13N3O2S. The molecule has 1 aliphatic heterocycles. The van der Waals surface area contributed by atoms with Gasteiger partial charge in [0, 0.05) is 6.07 Å². The highest BCUT2D eigenvalue weighted by molar-refractivity contribution is 8.17. The van der Waals surface area contributed by atoms with Crippen molar-refractivity contribution in [2.24, 2.45) is 4.99 Å². The third-order valence-electron chi connectivity index (χ3n) is 3.83. The normalized spacial score (nSPS) is 18.8. The fourth-order valence-electron chi connectivity index (χ4n) is 2.41. The molecule has 1 N–H and O–H groups in total. The van der Waals surface area contributed by atoms with Crippen LogP contribution < -0.4 is 5.32 Å². The Hall–Kier alpha value is -2.73. The van der Waals surface area contributed by atoms with Gasteiger partial charge in [-0.15, -0.1) is 0 Å². The van der Waals surface area contributed by atoms with Crippen molar-refractivity contribution in [3.8, 4) is 0 Å². The van der Waals surface area contributed by atoms with Crippen LogP contribution in [0.2, 0.25) is 0 Å². The highest BCUT2D eigenvalue weighted by atomic mass is 32.2. The predicted molar refractivity (Wildman–Crippen MR) is 85.8 cm³/mol. The van der Waals surface area contributed by atoms with Gasteiger partial charge in [0.25, 0.3) is 11.2 Å². The molecule has 19 heteroatoms. The van der Waals surface area contributed by atoms with Crippen LogP contribution in [0.15, 0.2) is 33.9 Å². The second-order valence-corrected chi connectivity index (χ2v) is 6.98. The molecule has 0 atom stereocenters. The molecule has 0 spiro atoms. The van der Waals surface area contributed by atoms with Crippen LogP contribution in [0.3, 0.4) is 0 Å². The van der Waals surface area contributed by atoms with E-state index in [-0.39, 0.29) is 18.2 Å². The van der Waals surface area contributed by atoms with Crippen LogP contribution in [0.1, 0.15) is 5.56 Å². The first-order valence-electron chi connectivity index (χ1n) is 7.64. The third-order valence-corrected chi connectivity index (χ3v) is 4.89. The molecule has 0 saturated heterocycles. The number of alkyl halides is 12. The molecule has 184 valence electrons. The molecule has 0 aliphatic carbocycles. The summed E-state index contributed by atoms with van der Waals surface area (Å²) in [4.78, 5) is 8.63. The number of nitro benzene ring substituents is 1. The van der Waals surface area contributed by atoms with Gasteiger partial charge >= 0.3 is 24.7 Å². The number of nitro groups is 1. The Balaban J connectivity index is 2.72. The van der Waals surface area contributed by atoms with Gasteiger partial charge in [0.15, 0.2) is 5.17 Å². The molecule has 1 aliphatic rings. The number of rotatable bonds is 2. The number of hydrogen-bond acceptors (Lipinski definition) is 5. The van der Waals surface area contributed by atoms with Crippen LogP contribution >= 0.6 is 11.8 Å². The van der Waals surface area contributed by atoms with Gasteiger partial charge < -0.3 is 5.32 Å². The lowest BCUT2D eigenvalue weighted by Gasteiger charge is -2.31. The van der Waals surface area contributed by atoms with E-state index in [2.05, 4.69) is 4.99 Å². The third kappa shape index (κ3) is 4.81. The molecule has 5 nitrogen and oxygen atoms in total. The zero-order valence-electron chi connectivity index (χ0n) is 14.8. The molecule has 2 rings (SSSR count). The number of anilines is 1. The summed E-state index contributed by atoms with van der Waals surface area (Å²) in [5.41, 5.74) is -10.1. The number of amidine groups is 1. The van der Waals surface area contributed by atoms with Crippen molar-refractivity contribution in [2.45, 2.75) is 30.2 Å². The number of nitrogens with zero attached hydrogens (tertiary/aromatic N) is 2. The smallest absolute Gasteiger partial charge is 0.329 e. The summed E-state index contributed by atoms with van der Waals surface area (Å²) in [7, 11) is 0. The van der Waals surface area contributed by atoms with Gasteiger partial charge in [-0.2, -0.15) is 52.7 Å². The average molecular weight is 525 g/mol. The molecule has 33 heavy (non-hydrogen) atoms. The first-order chi connectivity index (χ1) is 14.6. The predicted octanol–water partition coefficient (Wildman–Crippen LogP) is 6.74. The van der Waals surface area contributed by atoms with Crippen LogP contribution in [-0.4, -0.2) is 34.2 Å². The minimum atomic E-state index is -6.67. The molecule has 0 bridgehead atoms. The molecule has 0 aromatic heterocycles. The first kappa shape index (κ1) is 26.5. The van der Waals surface area contributed by atoms with Crippen molar-refractivity contribution in [1.29, 1.82) is 0 Å². The second-order valence-electron chi connectivity index (χ2n) is 5.98. The van der Waals surface area contributed by atoms with Crippen LogP contribution in [0.5, 0.6) is 0 Å². The van der Waals surface area contributed by atoms with Crippen molar-refractivity contribution in [3.05, 3.63) is 44.6 Å². The first-order valence-corrected chi connectivity index (χ1v) is 8.46. The molecule has 0 saturated carbocycles. The van der Waals surface area contributed by atoms with E-state index in [0.29, 0.717) is 0 Å². The van der Waals surface area contributed by atoms with Crippen molar-refractivity contribution in [1.82, 2.24) is 0 Å². The van der Waals surface area contributed by atoms with Gasteiger partial charge in [-0.1, -0.05) is 11.8 Å². The standard InChI is InChI=1S/C14H4F13N3O2S/c15-7(12(19,20)21)8-10(13(22,23)24,14(25,26)27)29-9(33-8)28-5-2-1-4(11(16,17)18)3-6(5)30(31)32/h1-3H,(H,28,29)/b8-7+. The van der Waals surface area contributed by atoms with Gasteiger partial charge in [0.2, 0.25) is 5.83 Å². The Kier molecular flexibility index (Phi) is 6.38. The number of aliphatic imine (C=N–C) groups is 1. The zero-order chi connectivity index (χ0) is 25.8. The molecule has 1 heterocycles. The summed E-state index contributed by atoms with van der Waals surface area (Å²) in [5.74, 6) is -3.79. The maximum Gasteiger partial charge on any atom is 0.443 e. The Morgan fingerprint density at radius 2 is 1.48 bits per heavy atom. The monoisotopic (exact) mass is 525 g/mol. The summed E-state index contributed by atoms with van der Waals surface area (Å²) in [6.07, 6.45) is -24.8. The summed E-state index contributed by atoms with van der Waals surface area (Å²) < 4.78 is 170. The number of allylic oxidation sites excluding steroid dienone is 1. The largest absolute Gasteiger partial charge is 0.443 e. The topological polar surface area (TPSA) is 67.5 Å². The van der Waals surface area contributed by atoms with Gasteiger partial charge in [-0.3, -0.25) is 10.1 Å². The van der Waals surface area contributed by atoms with E-state index in [1.807, 2.05) is 0 Å². The van der Waals surface area contributed by atoms with Crippen LogP contribution in [-0.2, 0) is 6.18 Å². The van der Waals surface area contributed by atoms with Gasteiger partial charge in [0.1, 0.15) is 5.69 Å². The van der Waals surface area contributed by atoms with Crippen LogP contribution in [0.4, 0.5) is 68.5 Å². The van der Waals surface area contributed by atoms with Crippen molar-refractivity contribution < 1.29 is 62.0 Å². The average Bonchev–Trinajstić information content (AvgIpc) is 2.99. The van der Waals surface area contributed by atoms with Crippen LogP contribution in [0, 0.1) is 10.1 Å². The van der Waals surface area contributed by atoms with Gasteiger partial charge in [-0.25, -0.2) is 9.38 Å². The minimum Gasteiger partial charge on any atom is -0.329 e. The SMILES string of the molecule is O=[N+]([O-])c1cc(C(F)(F)F)ccc1NC1=NC(C(F)(F)F)(C(F)(F)F)/C(=C(\F)C(F)(F)F)S1. The van der Waals surface area contributed by atoms with Crippen LogP contribution in [0.25, 0.3) is 0 Å². The second kappa shape index (κ2) is 7.94. The van der Waals surface area contributed by atoms with E-state index < -0.39 is 79.8 Å². The van der Waals surface area contributed by atoms with E-state index in [1.54, 1.807) is 0 Å². The summed E-state index contributed by atoms with van der Waals surface area (Å²) in [6.45, 7) is 0. The Labute approximate surface area is 176 Å². The van der Waals surface area contributed by atoms with Crippen molar-refractivity contribution in [3.63, 3.8) is 0 Å². The van der Waals surface area contributed by atoms with E-state index >= 15 is 0 Å². The molecule has 1 aromatic rings.